The molecule has 0 aliphatic heterocycles. The van der Waals surface area contributed by atoms with E-state index in [1.807, 2.05) is 24.3 Å². The molecule has 0 spiro atoms. The van der Waals surface area contributed by atoms with Gasteiger partial charge >= 0.3 is 6.03 Å². The summed E-state index contributed by atoms with van der Waals surface area (Å²) >= 11 is 1.13. The van der Waals surface area contributed by atoms with Gasteiger partial charge in [-0.2, -0.15) is 0 Å². The van der Waals surface area contributed by atoms with Gasteiger partial charge in [0.15, 0.2) is 5.82 Å². The number of hydrogen-bond donors (Lipinski definition) is 3. The highest BCUT2D eigenvalue weighted by Crippen LogP contribution is 2.20. The molecule has 0 saturated heterocycles. The number of benzene rings is 1. The minimum Gasteiger partial charge on any atom is -0.351 e. The first-order valence-electron chi connectivity index (χ1n) is 4.32. The average molecular weight is 236 g/mol. The highest BCUT2D eigenvalue weighted by molar-refractivity contribution is 7.98. The molecule has 82 valence electrons. The fourth-order valence-corrected chi connectivity index (χ4v) is 1.65. The number of nitrogens with two attached hydrogens (primary N) is 1. The van der Waals surface area contributed by atoms with E-state index in [-0.39, 0.29) is 0 Å². The smallest absolute Gasteiger partial charge is 0.322 e. The summed E-state index contributed by atoms with van der Waals surface area (Å²) in [6.07, 6.45) is 0. The van der Waals surface area contributed by atoms with Crippen LogP contribution >= 0.6 is 11.9 Å². The molecule has 1 heterocycles. The molecule has 0 unspecified atom stereocenters. The number of nitrogens with one attached hydrogen (secondary N) is 2. The van der Waals surface area contributed by atoms with Crippen molar-refractivity contribution in [2.24, 2.45) is 5.73 Å². The number of aromatic nitrogens is 4. The summed E-state index contributed by atoms with van der Waals surface area (Å²) in [6.45, 7) is 0. The number of carbonyl (C=O) groups excluding carboxylic acids is 1. The maximum absolute atomic E-state index is 10.5. The summed E-state index contributed by atoms with van der Waals surface area (Å²) in [5.41, 5.74) is 5.80. The number of aromatic amines is 1. The second kappa shape index (κ2) is 4.62. The Bertz CT molecular complexity index is 485. The molecule has 7 nitrogen and oxygen atoms in total. The third-order valence-electron chi connectivity index (χ3n) is 1.72. The molecular formula is C8H8N6OS. The lowest BCUT2D eigenvalue weighted by atomic mass is 10.2. The van der Waals surface area contributed by atoms with Crippen molar-refractivity contribution in [2.75, 3.05) is 0 Å². The molecule has 4 N–H and O–H groups in total. The second-order valence-corrected chi connectivity index (χ2v) is 3.73. The van der Waals surface area contributed by atoms with Crippen molar-refractivity contribution in [3.05, 3.63) is 24.3 Å². The zero-order valence-electron chi connectivity index (χ0n) is 8.04. The van der Waals surface area contributed by atoms with Gasteiger partial charge in [0.1, 0.15) is 0 Å². The summed E-state index contributed by atoms with van der Waals surface area (Å²) in [5, 5.41) is 13.4. The van der Waals surface area contributed by atoms with Crippen LogP contribution in [0.2, 0.25) is 0 Å². The van der Waals surface area contributed by atoms with Gasteiger partial charge in [0.25, 0.3) is 0 Å². The van der Waals surface area contributed by atoms with E-state index in [2.05, 4.69) is 25.3 Å². The van der Waals surface area contributed by atoms with Crippen molar-refractivity contribution < 1.29 is 4.79 Å². The van der Waals surface area contributed by atoms with Crippen LogP contribution in [0.3, 0.4) is 0 Å². The molecular weight excluding hydrogens is 228 g/mol. The van der Waals surface area contributed by atoms with Gasteiger partial charge in [-0.15, -0.1) is 5.10 Å². The maximum atomic E-state index is 10.5. The van der Waals surface area contributed by atoms with Crippen LogP contribution in [0, 0.1) is 0 Å². The quantitative estimate of drug-likeness (QED) is 0.674. The fourth-order valence-electron chi connectivity index (χ4n) is 1.10. The van der Waals surface area contributed by atoms with Gasteiger partial charge in [-0.1, -0.05) is 12.1 Å². The topological polar surface area (TPSA) is 110 Å². The molecule has 0 fully saturated rings. The van der Waals surface area contributed by atoms with E-state index in [1.54, 1.807) is 0 Å². The molecule has 1 aromatic heterocycles. The molecule has 0 radical (unpaired) electrons. The largest absolute Gasteiger partial charge is 0.351 e. The maximum Gasteiger partial charge on any atom is 0.322 e. The lowest BCUT2D eigenvalue weighted by Gasteiger charge is -2.02. The number of hydrogen-bond acceptors (Lipinski definition) is 5. The highest BCUT2D eigenvalue weighted by Gasteiger charge is 2.03. The van der Waals surface area contributed by atoms with Gasteiger partial charge in [-0.25, -0.2) is 9.89 Å². The van der Waals surface area contributed by atoms with Crippen molar-refractivity contribution in [3.8, 4) is 11.4 Å². The average Bonchev–Trinajstić information content (AvgIpc) is 2.80. The van der Waals surface area contributed by atoms with E-state index in [9.17, 15) is 4.79 Å². The lowest BCUT2D eigenvalue weighted by Crippen LogP contribution is -2.22. The van der Waals surface area contributed by atoms with E-state index in [0.717, 1.165) is 22.4 Å². The van der Waals surface area contributed by atoms with Crippen LogP contribution in [0.25, 0.3) is 11.4 Å². The van der Waals surface area contributed by atoms with Crippen molar-refractivity contribution in [1.29, 1.82) is 0 Å². The highest BCUT2D eigenvalue weighted by atomic mass is 32.2. The molecule has 0 aliphatic rings. The van der Waals surface area contributed by atoms with Crippen molar-refractivity contribution in [3.63, 3.8) is 0 Å². The minimum absolute atomic E-state index is 0.571. The molecule has 0 bridgehead atoms. The molecule has 2 rings (SSSR count). The van der Waals surface area contributed by atoms with Gasteiger partial charge in [-0.05, 0) is 34.5 Å². The predicted octanol–water partition coefficient (Wildman–Crippen LogP) is 0.542. The van der Waals surface area contributed by atoms with E-state index < -0.39 is 6.03 Å². The van der Waals surface area contributed by atoms with Crippen LogP contribution in [0.5, 0.6) is 0 Å². The van der Waals surface area contributed by atoms with Crippen LogP contribution in [0.15, 0.2) is 29.2 Å². The number of tetrazole rings is 1. The summed E-state index contributed by atoms with van der Waals surface area (Å²) in [7, 11) is 0. The Hall–Kier alpha value is -2.09. The summed E-state index contributed by atoms with van der Waals surface area (Å²) < 4.78 is 2.43. The number of H-pyrrole nitrogens is 1. The van der Waals surface area contributed by atoms with Crippen molar-refractivity contribution in [2.45, 2.75) is 4.90 Å². The third-order valence-corrected chi connectivity index (χ3v) is 2.52. The summed E-state index contributed by atoms with van der Waals surface area (Å²) in [6, 6.07) is 6.78. The van der Waals surface area contributed by atoms with Gasteiger partial charge in [0.05, 0.1) is 0 Å². The van der Waals surface area contributed by atoms with Crippen LogP contribution in [-0.2, 0) is 0 Å². The first kappa shape index (κ1) is 10.4. The molecule has 8 heteroatoms. The molecule has 2 amide bonds. The molecule has 0 atom stereocenters. The number of urea groups is 1. The monoisotopic (exact) mass is 236 g/mol. The van der Waals surface area contributed by atoms with E-state index in [4.69, 9.17) is 5.73 Å². The molecule has 0 aliphatic carbocycles. The molecule has 2 aromatic rings. The number of carbonyl (C=O) groups is 1. The van der Waals surface area contributed by atoms with E-state index in [1.165, 1.54) is 0 Å². The fraction of sp³-hybridized carbons (Fsp3) is 0. The Morgan fingerprint density at radius 3 is 3.06 bits per heavy atom. The normalized spacial score (nSPS) is 10.0. The van der Waals surface area contributed by atoms with E-state index >= 15 is 0 Å². The van der Waals surface area contributed by atoms with Crippen molar-refractivity contribution in [1.82, 2.24) is 25.3 Å². The Labute approximate surface area is 94.9 Å². The van der Waals surface area contributed by atoms with Crippen LogP contribution in [0.1, 0.15) is 0 Å². The van der Waals surface area contributed by atoms with E-state index in [0.29, 0.717) is 5.82 Å². The minimum atomic E-state index is -0.586. The van der Waals surface area contributed by atoms with Gasteiger partial charge in [0.2, 0.25) is 0 Å². The van der Waals surface area contributed by atoms with Gasteiger partial charge in [-0.3, -0.25) is 4.72 Å². The Morgan fingerprint density at radius 1 is 1.50 bits per heavy atom. The zero-order chi connectivity index (χ0) is 11.4. The number of rotatable bonds is 3. The van der Waals surface area contributed by atoms with Gasteiger partial charge < -0.3 is 5.73 Å². The zero-order valence-corrected chi connectivity index (χ0v) is 8.86. The lowest BCUT2D eigenvalue weighted by molar-refractivity contribution is 0.254. The predicted molar refractivity (Wildman–Crippen MR) is 58.2 cm³/mol. The van der Waals surface area contributed by atoms with Crippen LogP contribution in [-0.4, -0.2) is 26.7 Å². The summed E-state index contributed by atoms with van der Waals surface area (Å²) in [5.74, 6) is 0.571. The molecule has 16 heavy (non-hydrogen) atoms. The number of primary amides is 1. The second-order valence-electron chi connectivity index (χ2n) is 2.85. The SMILES string of the molecule is NC(=O)NSc1cccc(-c2nnn[nH]2)c1. The first-order chi connectivity index (χ1) is 7.75. The Morgan fingerprint density at radius 2 is 2.38 bits per heavy atom. The number of nitrogens with zero attached hydrogens (tertiary/aromatic N) is 3. The Kier molecular flexibility index (Phi) is 3.01. The standard InChI is InChI=1S/C8H8N6OS/c9-8(15)12-16-6-3-1-2-5(4-6)7-10-13-14-11-7/h1-4H,(H3,9,12,15)(H,10,11,13,14). The number of amides is 2. The Balaban J connectivity index is 2.17. The van der Waals surface area contributed by atoms with Crippen LogP contribution < -0.4 is 10.5 Å². The molecule has 0 saturated carbocycles. The summed E-state index contributed by atoms with van der Waals surface area (Å²) in [4.78, 5) is 11.4. The van der Waals surface area contributed by atoms with Gasteiger partial charge in [0, 0.05) is 10.5 Å². The molecule has 1 aromatic carbocycles. The first-order valence-corrected chi connectivity index (χ1v) is 5.14. The van der Waals surface area contributed by atoms with Crippen molar-refractivity contribution >= 4 is 18.0 Å². The third kappa shape index (κ3) is 2.48. The van der Waals surface area contributed by atoms with Crippen LogP contribution in [0.4, 0.5) is 4.79 Å².